The van der Waals surface area contributed by atoms with Crippen LogP contribution in [0.1, 0.15) is 30.9 Å². The molecule has 1 N–H and O–H groups in total. The Morgan fingerprint density at radius 3 is 2.96 bits per heavy atom. The second-order valence-electron chi connectivity index (χ2n) is 6.05. The Morgan fingerprint density at radius 2 is 2.04 bits per heavy atom. The molecule has 0 saturated heterocycles. The number of rotatable bonds is 1. The summed E-state index contributed by atoms with van der Waals surface area (Å²) in [6, 6.07) is 5.41. The zero-order valence-corrected chi connectivity index (χ0v) is 12.9. The third kappa shape index (κ3) is 1.92. The van der Waals surface area contributed by atoms with Crippen molar-refractivity contribution in [3.05, 3.63) is 35.0 Å². The molecule has 0 unspecified atom stereocenters. The zero-order chi connectivity index (χ0) is 16.1. The number of carbonyl (C=O) groups excluding carboxylic acids is 1. The fraction of sp³-hybridized carbons (Fsp3) is 0.375. The van der Waals surface area contributed by atoms with Gasteiger partial charge in [-0.3, -0.25) is 4.79 Å². The van der Waals surface area contributed by atoms with E-state index >= 15 is 0 Å². The number of allylic oxidation sites excluding steroid dienone is 2. The predicted molar refractivity (Wildman–Crippen MR) is 82.9 cm³/mol. The monoisotopic (exact) mass is 325 g/mol. The molecule has 0 saturated carbocycles. The molecule has 0 amide bonds. The topological polar surface area (TPSA) is 91.2 Å². The maximum Gasteiger partial charge on any atom is 0.248 e. The number of benzene rings is 1. The summed E-state index contributed by atoms with van der Waals surface area (Å²) in [5.74, 6) is 2.12. The van der Waals surface area contributed by atoms with Crippen LogP contribution in [0.5, 0.6) is 11.5 Å². The van der Waals surface area contributed by atoms with E-state index in [1.165, 1.54) is 0 Å². The van der Waals surface area contributed by atoms with Crippen molar-refractivity contribution in [2.75, 3.05) is 18.5 Å². The Hall–Kier alpha value is -2.90. The van der Waals surface area contributed by atoms with E-state index in [0.717, 1.165) is 35.4 Å². The van der Waals surface area contributed by atoms with Gasteiger partial charge in [-0.25, -0.2) is 0 Å². The molecule has 1 aliphatic carbocycles. The predicted octanol–water partition coefficient (Wildman–Crippen LogP) is 1.47. The zero-order valence-electron chi connectivity index (χ0n) is 12.9. The smallest absolute Gasteiger partial charge is 0.248 e. The lowest BCUT2D eigenvalue weighted by Gasteiger charge is -2.32. The quantitative estimate of drug-likeness (QED) is 0.849. The van der Waals surface area contributed by atoms with Crippen molar-refractivity contribution in [3.63, 3.8) is 0 Å². The molecular weight excluding hydrogens is 310 g/mol. The number of hydrogen-bond acceptors (Lipinski definition) is 7. The van der Waals surface area contributed by atoms with Crippen molar-refractivity contribution in [1.82, 2.24) is 20.2 Å². The van der Waals surface area contributed by atoms with Gasteiger partial charge in [-0.05, 0) is 41.0 Å². The molecule has 122 valence electrons. The standard InChI is InChI=1S/C16H15N5O3/c22-11-3-1-2-10-14(11)15(21-16(17-10)18-19-20-21)9-4-5-12-13(8-9)24-7-6-23-12/h4-5,8,15H,1-3,6-7H2,(H,17,18,20)/t15-/m1/s1. The van der Waals surface area contributed by atoms with Gasteiger partial charge < -0.3 is 14.8 Å². The molecule has 3 heterocycles. The highest BCUT2D eigenvalue weighted by Gasteiger charge is 2.37. The summed E-state index contributed by atoms with van der Waals surface area (Å²) in [6.07, 6.45) is 2.23. The first-order valence-electron chi connectivity index (χ1n) is 8.02. The van der Waals surface area contributed by atoms with Gasteiger partial charge in [0, 0.05) is 17.7 Å². The van der Waals surface area contributed by atoms with Crippen LogP contribution in [0.3, 0.4) is 0 Å². The Kier molecular flexibility index (Phi) is 2.85. The molecule has 0 fully saturated rings. The fourth-order valence-electron chi connectivity index (χ4n) is 3.56. The van der Waals surface area contributed by atoms with Crippen molar-refractivity contribution < 1.29 is 14.3 Å². The van der Waals surface area contributed by atoms with E-state index in [0.29, 0.717) is 31.3 Å². The third-order valence-electron chi connectivity index (χ3n) is 4.61. The van der Waals surface area contributed by atoms with E-state index in [4.69, 9.17) is 9.47 Å². The van der Waals surface area contributed by atoms with E-state index < -0.39 is 0 Å². The highest BCUT2D eigenvalue weighted by Crippen LogP contribution is 2.41. The van der Waals surface area contributed by atoms with Crippen molar-refractivity contribution in [3.8, 4) is 11.5 Å². The van der Waals surface area contributed by atoms with Crippen LogP contribution in [0.4, 0.5) is 5.95 Å². The van der Waals surface area contributed by atoms with E-state index in [1.54, 1.807) is 4.68 Å². The minimum absolute atomic E-state index is 0.143. The largest absolute Gasteiger partial charge is 0.486 e. The van der Waals surface area contributed by atoms with Gasteiger partial charge in [-0.2, -0.15) is 4.68 Å². The van der Waals surface area contributed by atoms with Crippen LogP contribution >= 0.6 is 0 Å². The Bertz CT molecular complexity index is 872. The van der Waals surface area contributed by atoms with Crippen molar-refractivity contribution in [2.45, 2.75) is 25.3 Å². The Balaban J connectivity index is 1.67. The maximum atomic E-state index is 12.6. The van der Waals surface area contributed by atoms with E-state index in [9.17, 15) is 4.79 Å². The van der Waals surface area contributed by atoms with E-state index in [-0.39, 0.29) is 11.8 Å². The second kappa shape index (κ2) is 5.05. The number of nitrogens with one attached hydrogen (secondary N) is 1. The number of nitrogens with zero attached hydrogens (tertiary/aromatic N) is 4. The molecule has 8 heteroatoms. The summed E-state index contributed by atoms with van der Waals surface area (Å²) in [4.78, 5) is 12.6. The number of ether oxygens (including phenoxy) is 2. The van der Waals surface area contributed by atoms with Crippen LogP contribution in [0.15, 0.2) is 29.5 Å². The van der Waals surface area contributed by atoms with Gasteiger partial charge in [0.2, 0.25) is 5.95 Å². The van der Waals surface area contributed by atoms with E-state index in [2.05, 4.69) is 20.8 Å². The van der Waals surface area contributed by atoms with Gasteiger partial charge in [0.1, 0.15) is 19.3 Å². The van der Waals surface area contributed by atoms with Crippen molar-refractivity contribution >= 4 is 11.7 Å². The average Bonchev–Trinajstić information content (AvgIpc) is 3.08. The first kappa shape index (κ1) is 13.5. The summed E-state index contributed by atoms with van der Waals surface area (Å²) in [5, 5.41) is 15.1. The number of hydrogen-bond donors (Lipinski definition) is 1. The average molecular weight is 325 g/mol. The molecule has 5 rings (SSSR count). The Labute approximate surface area is 137 Å². The van der Waals surface area contributed by atoms with Crippen LogP contribution in [0, 0.1) is 0 Å². The number of carbonyl (C=O) groups is 1. The molecule has 2 aromatic rings. The van der Waals surface area contributed by atoms with Crippen LogP contribution in [0.25, 0.3) is 0 Å². The number of anilines is 1. The fourth-order valence-corrected chi connectivity index (χ4v) is 3.56. The second-order valence-corrected chi connectivity index (χ2v) is 6.05. The lowest BCUT2D eigenvalue weighted by Crippen LogP contribution is -2.31. The molecule has 24 heavy (non-hydrogen) atoms. The molecule has 2 aliphatic heterocycles. The molecule has 0 bridgehead atoms. The molecular formula is C16H15N5O3. The minimum Gasteiger partial charge on any atom is -0.486 e. The van der Waals surface area contributed by atoms with Gasteiger partial charge in [-0.15, -0.1) is 0 Å². The van der Waals surface area contributed by atoms with Gasteiger partial charge in [0.25, 0.3) is 0 Å². The number of tetrazole rings is 1. The molecule has 0 radical (unpaired) electrons. The van der Waals surface area contributed by atoms with Crippen molar-refractivity contribution in [2.24, 2.45) is 0 Å². The molecule has 1 aromatic heterocycles. The van der Waals surface area contributed by atoms with Crippen LogP contribution < -0.4 is 14.8 Å². The summed E-state index contributed by atoms with van der Waals surface area (Å²) in [6.45, 7) is 1.07. The first-order valence-corrected chi connectivity index (χ1v) is 8.02. The molecule has 0 spiro atoms. The number of ketones is 1. The maximum absolute atomic E-state index is 12.6. The van der Waals surface area contributed by atoms with Gasteiger partial charge in [-0.1, -0.05) is 11.2 Å². The third-order valence-corrected chi connectivity index (χ3v) is 4.61. The summed E-state index contributed by atoms with van der Waals surface area (Å²) >= 11 is 0. The molecule has 3 aliphatic rings. The lowest BCUT2D eigenvalue weighted by atomic mass is 9.85. The van der Waals surface area contributed by atoms with Crippen molar-refractivity contribution in [1.29, 1.82) is 0 Å². The summed E-state index contributed by atoms with van der Waals surface area (Å²) < 4.78 is 12.9. The summed E-state index contributed by atoms with van der Waals surface area (Å²) in [5.41, 5.74) is 2.59. The molecule has 8 nitrogen and oxygen atoms in total. The number of aromatic nitrogens is 4. The van der Waals surface area contributed by atoms with Crippen LogP contribution in [-0.4, -0.2) is 39.2 Å². The Morgan fingerprint density at radius 1 is 1.17 bits per heavy atom. The normalized spacial score (nSPS) is 21.8. The minimum atomic E-state index is -0.338. The van der Waals surface area contributed by atoms with Gasteiger partial charge in [0.15, 0.2) is 17.3 Å². The van der Waals surface area contributed by atoms with Crippen LogP contribution in [-0.2, 0) is 4.79 Å². The number of fused-ring (bicyclic) bond motifs is 2. The van der Waals surface area contributed by atoms with E-state index in [1.807, 2.05) is 18.2 Å². The van der Waals surface area contributed by atoms with Crippen LogP contribution in [0.2, 0.25) is 0 Å². The van der Waals surface area contributed by atoms with Gasteiger partial charge >= 0.3 is 0 Å². The first-order chi connectivity index (χ1) is 11.8. The summed E-state index contributed by atoms with van der Waals surface area (Å²) in [7, 11) is 0. The highest BCUT2D eigenvalue weighted by molar-refractivity contribution is 5.99. The number of Topliss-reactive ketones (excluding diaryl/α,β-unsaturated/α-hetero) is 1. The lowest BCUT2D eigenvalue weighted by molar-refractivity contribution is -0.116. The SMILES string of the molecule is O=C1CCCC2=C1[C@@H](c1ccc3c(c1)OCCO3)n1nnnc1N2. The molecule has 1 atom stereocenters. The molecule has 1 aromatic carbocycles. The van der Waals surface area contributed by atoms with Gasteiger partial charge in [0.05, 0.1) is 0 Å². The highest BCUT2D eigenvalue weighted by atomic mass is 16.6.